The van der Waals surface area contributed by atoms with Crippen molar-refractivity contribution >= 4 is 5.97 Å². The number of fused-ring (bicyclic) bond motifs is 3. The van der Waals surface area contributed by atoms with E-state index >= 15 is 0 Å². The van der Waals surface area contributed by atoms with Crippen molar-refractivity contribution in [2.24, 2.45) is 7.05 Å². The Balaban J connectivity index is 2.27. The molecule has 3 rings (SSSR count). The second kappa shape index (κ2) is 3.21. The third-order valence-corrected chi connectivity index (χ3v) is 3.10. The van der Waals surface area contributed by atoms with E-state index in [-0.39, 0.29) is 11.3 Å². The van der Waals surface area contributed by atoms with Crippen molar-refractivity contribution in [2.75, 3.05) is 0 Å². The molecule has 0 spiro atoms. The Hall–Kier alpha value is -2.08. The lowest BCUT2D eigenvalue weighted by Crippen LogP contribution is -2.14. The first kappa shape index (κ1) is 10.1. The van der Waals surface area contributed by atoms with Gasteiger partial charge in [-0.05, 0) is 6.07 Å². The zero-order chi connectivity index (χ0) is 12.2. The molecule has 0 radical (unpaired) electrons. The monoisotopic (exact) mass is 234 g/mol. The number of aromatic nitrogens is 2. The quantitative estimate of drug-likeness (QED) is 0.767. The fourth-order valence-electron chi connectivity index (χ4n) is 2.26. The van der Waals surface area contributed by atoms with Crippen LogP contribution in [0.15, 0.2) is 16.8 Å². The third-order valence-electron chi connectivity index (χ3n) is 3.10. The van der Waals surface area contributed by atoms with Gasteiger partial charge in [0.1, 0.15) is 0 Å². The maximum atomic E-state index is 11.0. The minimum atomic E-state index is -1.19. The summed E-state index contributed by atoms with van der Waals surface area (Å²) in [6.45, 7) is 0. The van der Waals surface area contributed by atoms with Gasteiger partial charge in [0.05, 0.1) is 11.7 Å². The van der Waals surface area contributed by atoms with E-state index in [4.69, 9.17) is 9.63 Å². The number of hydrogen-bond donors (Lipinski definition) is 2. The number of aliphatic hydroxyl groups is 1. The predicted molar refractivity (Wildman–Crippen MR) is 56.5 cm³/mol. The van der Waals surface area contributed by atoms with Crippen molar-refractivity contribution < 1.29 is 19.5 Å². The number of hydrogen-bond acceptors (Lipinski definition) is 4. The van der Waals surface area contributed by atoms with Crippen LogP contribution >= 0.6 is 0 Å². The Morgan fingerprint density at radius 2 is 2.41 bits per heavy atom. The summed E-state index contributed by atoms with van der Waals surface area (Å²) < 4.78 is 6.93. The lowest BCUT2D eigenvalue weighted by molar-refractivity contribution is 0.0678. The van der Waals surface area contributed by atoms with Crippen molar-refractivity contribution in [2.45, 2.75) is 12.5 Å². The average molecular weight is 234 g/mol. The topological polar surface area (TPSA) is 88.5 Å². The standard InChI is InChI=1S/C11H10N2O4/c1-13-3-2-5-6(13)4-7(14)8-9(11(15)16)12-17-10(5)8/h2-3,7,14H,4H2,1H3,(H,15,16). The van der Waals surface area contributed by atoms with Gasteiger partial charge in [-0.2, -0.15) is 0 Å². The fraction of sp³-hybridized carbons (Fsp3) is 0.273. The van der Waals surface area contributed by atoms with Gasteiger partial charge in [-0.25, -0.2) is 4.79 Å². The summed E-state index contributed by atoms with van der Waals surface area (Å²) in [5.41, 5.74) is 1.78. The van der Waals surface area contributed by atoms with Crippen LogP contribution in [-0.4, -0.2) is 25.9 Å². The van der Waals surface area contributed by atoms with E-state index in [0.717, 1.165) is 11.3 Å². The van der Waals surface area contributed by atoms with Crippen LogP contribution in [-0.2, 0) is 13.5 Å². The number of aryl methyl sites for hydroxylation is 1. The Kier molecular flexibility index (Phi) is 1.90. The van der Waals surface area contributed by atoms with E-state index in [1.54, 1.807) is 0 Å². The highest BCUT2D eigenvalue weighted by Gasteiger charge is 2.34. The van der Waals surface area contributed by atoms with Gasteiger partial charge >= 0.3 is 5.97 Å². The second-order valence-corrected chi connectivity index (χ2v) is 4.09. The van der Waals surface area contributed by atoms with Crippen LogP contribution < -0.4 is 0 Å². The molecule has 0 fully saturated rings. The van der Waals surface area contributed by atoms with E-state index in [2.05, 4.69) is 5.16 Å². The summed E-state index contributed by atoms with van der Waals surface area (Å²) in [6.07, 6.45) is 1.33. The molecule has 2 aromatic heterocycles. The number of nitrogens with zero attached hydrogens (tertiary/aromatic N) is 2. The van der Waals surface area contributed by atoms with E-state index in [0.29, 0.717) is 12.2 Å². The normalized spacial score (nSPS) is 17.6. The van der Waals surface area contributed by atoms with Crippen LogP contribution in [0.5, 0.6) is 0 Å². The minimum Gasteiger partial charge on any atom is -0.476 e. The summed E-state index contributed by atoms with van der Waals surface area (Å²) in [4.78, 5) is 11.0. The molecular formula is C11H10N2O4. The van der Waals surface area contributed by atoms with E-state index < -0.39 is 12.1 Å². The van der Waals surface area contributed by atoms with Crippen molar-refractivity contribution in [1.82, 2.24) is 9.72 Å². The maximum absolute atomic E-state index is 11.0. The third kappa shape index (κ3) is 1.24. The highest BCUT2D eigenvalue weighted by molar-refractivity contribution is 5.90. The molecule has 2 heterocycles. The Labute approximate surface area is 96.1 Å². The van der Waals surface area contributed by atoms with Gasteiger partial charge in [0.15, 0.2) is 11.5 Å². The summed E-state index contributed by atoms with van der Waals surface area (Å²) >= 11 is 0. The van der Waals surface area contributed by atoms with E-state index in [1.165, 1.54) is 0 Å². The first-order valence-electron chi connectivity index (χ1n) is 5.15. The maximum Gasteiger partial charge on any atom is 0.358 e. The highest BCUT2D eigenvalue weighted by atomic mass is 16.5. The molecule has 1 aliphatic carbocycles. The zero-order valence-electron chi connectivity index (χ0n) is 9.04. The summed E-state index contributed by atoms with van der Waals surface area (Å²) in [5, 5.41) is 22.5. The van der Waals surface area contributed by atoms with Gasteiger partial charge in [-0.15, -0.1) is 0 Å². The van der Waals surface area contributed by atoms with Gasteiger partial charge < -0.3 is 19.3 Å². The number of aromatic carboxylic acids is 1. The predicted octanol–water partition coefficient (Wildman–Crippen LogP) is 0.968. The smallest absolute Gasteiger partial charge is 0.358 e. The Morgan fingerprint density at radius 3 is 3.12 bits per heavy atom. The van der Waals surface area contributed by atoms with Crippen molar-refractivity contribution in [3.05, 3.63) is 29.2 Å². The molecular weight excluding hydrogens is 224 g/mol. The van der Waals surface area contributed by atoms with Crippen LogP contribution in [0.2, 0.25) is 0 Å². The van der Waals surface area contributed by atoms with Gasteiger partial charge in [0.25, 0.3) is 0 Å². The molecule has 2 N–H and O–H groups in total. The minimum absolute atomic E-state index is 0.206. The number of carboxylic acid groups (broad SMARTS) is 1. The largest absolute Gasteiger partial charge is 0.476 e. The molecule has 0 saturated heterocycles. The van der Waals surface area contributed by atoms with Crippen LogP contribution in [0.4, 0.5) is 0 Å². The van der Waals surface area contributed by atoms with E-state index in [9.17, 15) is 9.90 Å². The molecule has 0 saturated carbocycles. The van der Waals surface area contributed by atoms with Crippen LogP contribution in [0.25, 0.3) is 11.3 Å². The first-order valence-corrected chi connectivity index (χ1v) is 5.15. The zero-order valence-corrected chi connectivity index (χ0v) is 9.04. The van der Waals surface area contributed by atoms with E-state index in [1.807, 2.05) is 23.9 Å². The van der Waals surface area contributed by atoms with Crippen molar-refractivity contribution in [3.63, 3.8) is 0 Å². The Morgan fingerprint density at radius 1 is 1.65 bits per heavy atom. The molecule has 0 aliphatic heterocycles. The van der Waals surface area contributed by atoms with Gasteiger partial charge in [-0.3, -0.25) is 0 Å². The molecule has 1 aliphatic rings. The molecule has 0 aromatic carbocycles. The fourth-order valence-corrected chi connectivity index (χ4v) is 2.26. The molecule has 88 valence electrons. The number of rotatable bonds is 1. The Bertz CT molecular complexity index is 611. The summed E-state index contributed by atoms with van der Waals surface area (Å²) in [7, 11) is 1.87. The lowest BCUT2D eigenvalue weighted by Gasteiger charge is -2.18. The number of aliphatic hydroxyl groups excluding tert-OH is 1. The molecule has 2 aromatic rings. The molecule has 1 unspecified atom stereocenters. The van der Waals surface area contributed by atoms with Crippen molar-refractivity contribution in [3.8, 4) is 11.3 Å². The molecule has 0 bridgehead atoms. The molecule has 6 heteroatoms. The molecule has 6 nitrogen and oxygen atoms in total. The number of carboxylic acids is 1. The number of carbonyl (C=O) groups is 1. The van der Waals surface area contributed by atoms with Crippen LogP contribution in [0, 0.1) is 0 Å². The molecule has 0 amide bonds. The molecule has 17 heavy (non-hydrogen) atoms. The van der Waals surface area contributed by atoms with Gasteiger partial charge in [0, 0.05) is 30.9 Å². The molecule has 1 atom stereocenters. The van der Waals surface area contributed by atoms with Gasteiger partial charge in [0.2, 0.25) is 0 Å². The van der Waals surface area contributed by atoms with Crippen LogP contribution in [0.1, 0.15) is 27.8 Å². The van der Waals surface area contributed by atoms with Crippen LogP contribution in [0.3, 0.4) is 0 Å². The summed E-state index contributed by atoms with van der Waals surface area (Å²) in [6, 6.07) is 1.83. The average Bonchev–Trinajstić information content (AvgIpc) is 2.84. The lowest BCUT2D eigenvalue weighted by atomic mass is 9.92. The second-order valence-electron chi connectivity index (χ2n) is 4.09. The summed E-state index contributed by atoms with van der Waals surface area (Å²) in [5.74, 6) is -0.829. The first-order chi connectivity index (χ1) is 8.09. The highest BCUT2D eigenvalue weighted by Crippen LogP contribution is 2.40. The van der Waals surface area contributed by atoms with Crippen molar-refractivity contribution in [1.29, 1.82) is 0 Å². The van der Waals surface area contributed by atoms with Gasteiger partial charge in [-0.1, -0.05) is 5.16 Å². The SMILES string of the molecule is Cn1ccc2c1CC(O)c1c(C(=O)O)noc1-2.